The third-order valence-corrected chi connectivity index (χ3v) is 5.90. The van der Waals surface area contributed by atoms with E-state index in [1.807, 2.05) is 43.3 Å². The molecule has 7 nitrogen and oxygen atoms in total. The number of hydrogen-bond donors (Lipinski definition) is 1. The second-order valence-corrected chi connectivity index (χ2v) is 7.81. The number of carbonyl (C=O) groups excluding carboxylic acids is 3. The summed E-state index contributed by atoms with van der Waals surface area (Å²) in [6.45, 7) is 2.52. The first-order valence-corrected chi connectivity index (χ1v) is 10.1. The molecule has 0 radical (unpaired) electrons. The maximum atomic E-state index is 13.2. The first-order chi connectivity index (χ1) is 14.5. The number of rotatable bonds is 6. The van der Waals surface area contributed by atoms with Gasteiger partial charge in [0.1, 0.15) is 5.66 Å². The van der Waals surface area contributed by atoms with Gasteiger partial charge in [0.05, 0.1) is 17.9 Å². The van der Waals surface area contributed by atoms with Crippen LogP contribution in [0.5, 0.6) is 0 Å². The Morgan fingerprint density at radius 3 is 2.67 bits per heavy atom. The van der Waals surface area contributed by atoms with Crippen molar-refractivity contribution in [2.75, 3.05) is 23.9 Å². The molecule has 0 spiro atoms. The molecular weight excluding hydrogens is 382 g/mol. The Balaban J connectivity index is 1.53. The summed E-state index contributed by atoms with van der Waals surface area (Å²) in [5, 5.41) is 2.91. The number of carbonyl (C=O) groups is 3. The quantitative estimate of drug-likeness (QED) is 0.798. The lowest BCUT2D eigenvalue weighted by atomic mass is 9.98. The molecule has 2 aliphatic rings. The van der Waals surface area contributed by atoms with Crippen LogP contribution in [0.3, 0.4) is 0 Å². The Labute approximate surface area is 175 Å². The number of hydrogen-bond acceptors (Lipinski definition) is 4. The van der Waals surface area contributed by atoms with Crippen LogP contribution in [0.4, 0.5) is 11.4 Å². The van der Waals surface area contributed by atoms with Crippen LogP contribution in [0.15, 0.2) is 48.5 Å². The molecule has 0 aliphatic carbocycles. The largest absolute Gasteiger partial charge is 0.380 e. The predicted molar refractivity (Wildman–Crippen MR) is 113 cm³/mol. The van der Waals surface area contributed by atoms with E-state index in [-0.39, 0.29) is 30.7 Å². The van der Waals surface area contributed by atoms with Crippen LogP contribution >= 0.6 is 0 Å². The van der Waals surface area contributed by atoms with Crippen LogP contribution < -0.4 is 10.2 Å². The second kappa shape index (κ2) is 7.91. The zero-order valence-corrected chi connectivity index (χ0v) is 17.2. The molecular formula is C23H25N3O4. The molecule has 1 atom stereocenters. The molecule has 1 fully saturated rings. The summed E-state index contributed by atoms with van der Waals surface area (Å²) in [4.78, 5) is 41.9. The molecule has 7 heteroatoms. The van der Waals surface area contributed by atoms with Gasteiger partial charge in [-0.25, -0.2) is 0 Å². The SMILES string of the molecule is COCc1ccccc1NC(=O)CCN1C(=O)c2ccccc2N2C(=O)CCC12C. The maximum absolute atomic E-state index is 13.2. The first-order valence-electron chi connectivity index (χ1n) is 10.1. The van der Waals surface area contributed by atoms with Gasteiger partial charge in [0.15, 0.2) is 0 Å². The molecule has 1 unspecified atom stereocenters. The number of fused-ring (bicyclic) bond motifs is 3. The standard InChI is InChI=1S/C23H25N3O4/c1-23-13-11-21(28)26(23)19-10-6-4-8-17(19)22(29)25(23)14-12-20(27)24-18-9-5-3-7-16(18)15-30-2/h3-10H,11-15H2,1-2H3,(H,24,27). The van der Waals surface area contributed by atoms with Crippen molar-refractivity contribution >= 4 is 29.1 Å². The van der Waals surface area contributed by atoms with Gasteiger partial charge in [-0.05, 0) is 31.5 Å². The Bertz CT molecular complexity index is 1010. The van der Waals surface area contributed by atoms with E-state index in [0.717, 1.165) is 5.56 Å². The van der Waals surface area contributed by atoms with Crippen molar-refractivity contribution < 1.29 is 19.1 Å². The number of methoxy groups -OCH3 is 1. The van der Waals surface area contributed by atoms with Gasteiger partial charge < -0.3 is 15.0 Å². The third kappa shape index (κ3) is 3.35. The van der Waals surface area contributed by atoms with Crippen LogP contribution in [0.1, 0.15) is 42.1 Å². The van der Waals surface area contributed by atoms with Crippen molar-refractivity contribution in [3.63, 3.8) is 0 Å². The highest BCUT2D eigenvalue weighted by atomic mass is 16.5. The van der Waals surface area contributed by atoms with Crippen molar-refractivity contribution in [3.8, 4) is 0 Å². The molecule has 2 heterocycles. The summed E-state index contributed by atoms with van der Waals surface area (Å²) in [6, 6.07) is 14.6. The average molecular weight is 407 g/mol. The molecule has 0 aromatic heterocycles. The Morgan fingerprint density at radius 1 is 1.13 bits per heavy atom. The lowest BCUT2D eigenvalue weighted by Crippen LogP contribution is -2.62. The zero-order chi connectivity index (χ0) is 21.3. The van der Waals surface area contributed by atoms with Gasteiger partial charge in [0.25, 0.3) is 5.91 Å². The topological polar surface area (TPSA) is 79.0 Å². The Kier molecular flexibility index (Phi) is 5.30. The van der Waals surface area contributed by atoms with Crippen LogP contribution in [0.25, 0.3) is 0 Å². The van der Waals surface area contributed by atoms with Crippen LogP contribution in [0.2, 0.25) is 0 Å². The summed E-state index contributed by atoms with van der Waals surface area (Å²) in [7, 11) is 1.60. The summed E-state index contributed by atoms with van der Waals surface area (Å²) in [5.41, 5.74) is 1.98. The smallest absolute Gasteiger partial charge is 0.257 e. The maximum Gasteiger partial charge on any atom is 0.257 e. The van der Waals surface area contributed by atoms with Crippen LogP contribution in [-0.4, -0.2) is 41.9 Å². The van der Waals surface area contributed by atoms with E-state index in [1.165, 1.54) is 0 Å². The number of benzene rings is 2. The number of nitrogens with one attached hydrogen (secondary N) is 1. The summed E-state index contributed by atoms with van der Waals surface area (Å²) >= 11 is 0. The highest BCUT2D eigenvalue weighted by Crippen LogP contribution is 2.43. The summed E-state index contributed by atoms with van der Waals surface area (Å²) in [6.07, 6.45) is 1.06. The fourth-order valence-electron chi connectivity index (χ4n) is 4.39. The molecule has 2 aliphatic heterocycles. The van der Waals surface area contributed by atoms with E-state index in [9.17, 15) is 14.4 Å². The monoisotopic (exact) mass is 407 g/mol. The van der Waals surface area contributed by atoms with Gasteiger partial charge in [-0.3, -0.25) is 19.3 Å². The van der Waals surface area contributed by atoms with Crippen molar-refractivity contribution in [1.29, 1.82) is 0 Å². The molecule has 156 valence electrons. The van der Waals surface area contributed by atoms with Gasteiger partial charge in [-0.2, -0.15) is 0 Å². The lowest BCUT2D eigenvalue weighted by molar-refractivity contribution is -0.117. The zero-order valence-electron chi connectivity index (χ0n) is 17.2. The van der Waals surface area contributed by atoms with Gasteiger partial charge >= 0.3 is 0 Å². The van der Waals surface area contributed by atoms with Crippen molar-refractivity contribution in [2.24, 2.45) is 0 Å². The van der Waals surface area contributed by atoms with Gasteiger partial charge in [-0.1, -0.05) is 30.3 Å². The normalized spacial score (nSPS) is 20.2. The van der Waals surface area contributed by atoms with E-state index in [1.54, 1.807) is 29.0 Å². The number of ether oxygens (including phenoxy) is 1. The average Bonchev–Trinajstić information content (AvgIpc) is 3.05. The third-order valence-electron chi connectivity index (χ3n) is 5.90. The predicted octanol–water partition coefficient (Wildman–Crippen LogP) is 3.16. The molecule has 2 aromatic carbocycles. The fourth-order valence-corrected chi connectivity index (χ4v) is 4.39. The minimum Gasteiger partial charge on any atom is -0.380 e. The number of nitrogens with zero attached hydrogens (tertiary/aromatic N) is 2. The first kappa shape index (κ1) is 20.1. The molecule has 0 bridgehead atoms. The number of anilines is 2. The molecule has 1 saturated heterocycles. The van der Waals surface area contributed by atoms with E-state index < -0.39 is 5.66 Å². The number of para-hydroxylation sites is 2. The van der Waals surface area contributed by atoms with Crippen molar-refractivity contribution in [2.45, 2.75) is 38.5 Å². The minimum absolute atomic E-state index is 0.000365. The molecule has 2 aromatic rings. The van der Waals surface area contributed by atoms with Crippen molar-refractivity contribution in [1.82, 2.24) is 4.90 Å². The lowest BCUT2D eigenvalue weighted by Gasteiger charge is -2.48. The van der Waals surface area contributed by atoms with Gasteiger partial charge in [0, 0.05) is 37.7 Å². The highest BCUT2D eigenvalue weighted by molar-refractivity contribution is 6.10. The molecule has 30 heavy (non-hydrogen) atoms. The van der Waals surface area contributed by atoms with Gasteiger partial charge in [0.2, 0.25) is 11.8 Å². The highest BCUT2D eigenvalue weighted by Gasteiger charge is 2.52. The Hall–Kier alpha value is -3.19. The van der Waals surface area contributed by atoms with Crippen LogP contribution in [0, 0.1) is 0 Å². The Morgan fingerprint density at radius 2 is 1.87 bits per heavy atom. The number of amides is 3. The van der Waals surface area contributed by atoms with E-state index in [2.05, 4.69) is 5.32 Å². The molecule has 3 amide bonds. The fraction of sp³-hybridized carbons (Fsp3) is 0.348. The summed E-state index contributed by atoms with van der Waals surface area (Å²) < 4.78 is 5.18. The van der Waals surface area contributed by atoms with E-state index in [4.69, 9.17) is 4.74 Å². The van der Waals surface area contributed by atoms with Gasteiger partial charge in [-0.15, -0.1) is 0 Å². The second-order valence-electron chi connectivity index (χ2n) is 7.81. The molecule has 4 rings (SSSR count). The van der Waals surface area contributed by atoms with E-state index >= 15 is 0 Å². The molecule has 1 N–H and O–H groups in total. The summed E-state index contributed by atoms with van der Waals surface area (Å²) in [5.74, 6) is -0.336. The van der Waals surface area contributed by atoms with E-state index in [0.29, 0.717) is 36.4 Å². The van der Waals surface area contributed by atoms with Crippen molar-refractivity contribution in [3.05, 3.63) is 59.7 Å². The minimum atomic E-state index is -0.753. The van der Waals surface area contributed by atoms with Crippen LogP contribution in [-0.2, 0) is 20.9 Å². The molecule has 0 saturated carbocycles.